The molecule has 3 heterocycles. The quantitative estimate of drug-likeness (QED) is 0.585. The highest BCUT2D eigenvalue weighted by Crippen LogP contribution is 2.44. The van der Waals surface area contributed by atoms with E-state index in [1.807, 2.05) is 0 Å². The average Bonchev–Trinajstić information content (AvgIpc) is 2.81. The fourth-order valence-corrected chi connectivity index (χ4v) is 2.62. The van der Waals surface area contributed by atoms with E-state index in [9.17, 15) is 9.36 Å². The summed E-state index contributed by atoms with van der Waals surface area (Å²) in [5.41, 5.74) is 5.24. The summed E-state index contributed by atoms with van der Waals surface area (Å²) >= 11 is 0. The molecule has 2 atom stereocenters. The lowest BCUT2D eigenvalue weighted by molar-refractivity contribution is -0.0500. The highest BCUT2D eigenvalue weighted by atomic mass is 31.2. The molecule has 1 aliphatic rings. The van der Waals surface area contributed by atoms with Gasteiger partial charge in [0, 0.05) is 0 Å². The van der Waals surface area contributed by atoms with Crippen LogP contribution in [0.25, 0.3) is 11.2 Å². The molecule has 3 rings (SSSR count). The van der Waals surface area contributed by atoms with Gasteiger partial charge in [-0.2, -0.15) is 9.71 Å². The van der Waals surface area contributed by atoms with Gasteiger partial charge in [-0.3, -0.25) is 14.3 Å². The summed E-state index contributed by atoms with van der Waals surface area (Å²) < 4.78 is 22.2. The van der Waals surface area contributed by atoms with Crippen molar-refractivity contribution >= 4 is 24.7 Å². The lowest BCUT2D eigenvalue weighted by Gasteiger charge is -2.25. The Balaban J connectivity index is 1.72. The van der Waals surface area contributed by atoms with Crippen LogP contribution in [0.3, 0.4) is 0 Å². The Morgan fingerprint density at radius 2 is 2.48 bits per heavy atom. The average molecular weight is 317 g/mol. The molecule has 1 aliphatic heterocycles. The van der Waals surface area contributed by atoms with E-state index in [1.54, 1.807) is 0 Å². The van der Waals surface area contributed by atoms with Crippen LogP contribution in [-0.4, -0.2) is 50.2 Å². The summed E-state index contributed by atoms with van der Waals surface area (Å²) in [5.74, 6) is -0.0590. The van der Waals surface area contributed by atoms with Gasteiger partial charge >= 0.3 is 7.60 Å². The van der Waals surface area contributed by atoms with Gasteiger partial charge < -0.3 is 24.7 Å². The molecule has 12 heteroatoms. The van der Waals surface area contributed by atoms with Crippen molar-refractivity contribution in [2.45, 2.75) is 6.10 Å². The van der Waals surface area contributed by atoms with Crippen molar-refractivity contribution in [3.8, 4) is 0 Å². The molecule has 21 heavy (non-hydrogen) atoms. The zero-order chi connectivity index (χ0) is 15.0. The van der Waals surface area contributed by atoms with Crippen LogP contribution in [0, 0.1) is 0 Å². The molecule has 11 nitrogen and oxygen atoms in total. The number of hydrogen-bond donors (Lipinski definition) is 3. The zero-order valence-electron chi connectivity index (χ0n) is 10.6. The minimum Gasteiger partial charge on any atom is -0.408 e. The molecule has 114 valence electrons. The number of aromatic nitrogens is 4. The van der Waals surface area contributed by atoms with E-state index in [0.717, 1.165) is 0 Å². The third-order valence-electron chi connectivity index (χ3n) is 2.73. The normalized spacial score (nSPS) is 26.0. The minimum absolute atomic E-state index is 0.0276. The maximum Gasteiger partial charge on any atom is 0.353 e. The molecule has 2 aromatic rings. The summed E-state index contributed by atoms with van der Waals surface area (Å²) in [4.78, 5) is 36.2. The molecule has 0 spiro atoms. The van der Waals surface area contributed by atoms with E-state index < -0.39 is 25.6 Å². The number of fused-ring (bicyclic) bond motifs is 1. The fourth-order valence-electron chi connectivity index (χ4n) is 1.75. The Hall–Kier alpha value is -1.94. The molecule has 1 fully saturated rings. The van der Waals surface area contributed by atoms with Crippen LogP contribution in [0.2, 0.25) is 0 Å². The zero-order valence-corrected chi connectivity index (χ0v) is 11.5. The number of hydrogen-bond acceptors (Lipinski definition) is 8. The second kappa shape index (κ2) is 5.11. The Morgan fingerprint density at radius 3 is 3.19 bits per heavy atom. The number of nitrogens with zero attached hydrogens (tertiary/aromatic N) is 3. The van der Waals surface area contributed by atoms with Crippen molar-refractivity contribution in [1.29, 1.82) is 0 Å². The number of aromatic amines is 1. The third-order valence-corrected chi connectivity index (χ3v) is 3.76. The number of ether oxygens (including phenoxy) is 1. The Kier molecular flexibility index (Phi) is 3.41. The predicted molar refractivity (Wildman–Crippen MR) is 69.5 cm³/mol. The topological polar surface area (TPSA) is 155 Å². The monoisotopic (exact) mass is 317 g/mol. The van der Waals surface area contributed by atoms with Gasteiger partial charge in [0.25, 0.3) is 5.56 Å². The van der Waals surface area contributed by atoms with Crippen LogP contribution in [0.4, 0.5) is 5.95 Å². The number of imidazole rings is 1. The second-order valence-corrected chi connectivity index (χ2v) is 6.13. The van der Waals surface area contributed by atoms with E-state index in [4.69, 9.17) is 24.7 Å². The van der Waals surface area contributed by atoms with Gasteiger partial charge in [0.15, 0.2) is 5.52 Å². The second-order valence-electron chi connectivity index (χ2n) is 4.34. The number of nitrogen functional groups attached to an aromatic ring is 1. The molecule has 0 bridgehead atoms. The molecule has 0 aliphatic carbocycles. The van der Waals surface area contributed by atoms with E-state index in [-0.39, 0.29) is 30.3 Å². The van der Waals surface area contributed by atoms with Gasteiger partial charge in [-0.25, -0.2) is 4.98 Å². The number of nitrogens with one attached hydrogen (secondary N) is 1. The molecule has 0 saturated carbocycles. The molecule has 4 N–H and O–H groups in total. The van der Waals surface area contributed by atoms with E-state index in [2.05, 4.69) is 15.0 Å². The molecule has 2 aromatic heterocycles. The number of nitrogens with two attached hydrogens (primary N) is 1. The van der Waals surface area contributed by atoms with Crippen LogP contribution in [0.15, 0.2) is 11.1 Å². The molecular formula is C9H12N5O6P. The van der Waals surface area contributed by atoms with Crippen LogP contribution < -0.4 is 16.1 Å². The Labute approximate surface area is 117 Å². The lowest BCUT2D eigenvalue weighted by atomic mass is 10.4. The molecule has 1 saturated heterocycles. The van der Waals surface area contributed by atoms with Crippen LogP contribution in [0.1, 0.15) is 0 Å². The first-order valence-electron chi connectivity index (χ1n) is 5.89. The molecule has 0 aromatic carbocycles. The van der Waals surface area contributed by atoms with Gasteiger partial charge in [0.1, 0.15) is 25.4 Å². The summed E-state index contributed by atoms with van der Waals surface area (Å²) in [6, 6.07) is 0. The maximum atomic E-state index is 11.6. The standard InChI is InChI=1S/C9H12N5O6P/c10-9-12-7-6(8(15)13-9)11-3-14(7)19-1-5-2-20-21(16,17)4-18-5/h3,5H,1-2,4H2,(H,16,17)(H3,10,12,13,15)/t5-/m0/s1. The Morgan fingerprint density at radius 1 is 1.67 bits per heavy atom. The van der Waals surface area contributed by atoms with Crippen LogP contribution in [-0.2, 0) is 13.8 Å². The first-order valence-corrected chi connectivity index (χ1v) is 7.65. The summed E-state index contributed by atoms with van der Waals surface area (Å²) in [5, 5.41) is 0. The molecule has 0 amide bonds. The first-order chi connectivity index (χ1) is 9.94. The van der Waals surface area contributed by atoms with Crippen molar-refractivity contribution in [2.75, 3.05) is 25.3 Å². The summed E-state index contributed by atoms with van der Waals surface area (Å²) in [6.45, 7) is -0.0452. The fraction of sp³-hybridized carbons (Fsp3) is 0.444. The predicted octanol–water partition coefficient (Wildman–Crippen LogP) is -1.31. The SMILES string of the molecule is Nc1nc2c(ncn2OC[C@H]2COP(=O)(O)CO2)c(=O)[nH]1. The van der Waals surface area contributed by atoms with Gasteiger partial charge in [-0.1, -0.05) is 0 Å². The first kappa shape index (κ1) is 14.0. The summed E-state index contributed by atoms with van der Waals surface area (Å²) in [6.07, 6.45) is 0.361. The summed E-state index contributed by atoms with van der Waals surface area (Å²) in [7, 11) is -3.63. The van der Waals surface area contributed by atoms with Gasteiger partial charge in [0.05, 0.1) is 6.61 Å². The number of anilines is 1. The van der Waals surface area contributed by atoms with Crippen molar-refractivity contribution in [3.05, 3.63) is 16.7 Å². The molecular weight excluding hydrogens is 305 g/mol. The smallest absolute Gasteiger partial charge is 0.353 e. The van der Waals surface area contributed by atoms with Crippen molar-refractivity contribution in [1.82, 2.24) is 19.7 Å². The van der Waals surface area contributed by atoms with Gasteiger partial charge in [0.2, 0.25) is 11.6 Å². The van der Waals surface area contributed by atoms with Crippen LogP contribution >= 0.6 is 7.60 Å². The van der Waals surface area contributed by atoms with Crippen molar-refractivity contribution in [2.24, 2.45) is 0 Å². The number of rotatable bonds is 3. The van der Waals surface area contributed by atoms with E-state index >= 15 is 0 Å². The van der Waals surface area contributed by atoms with Gasteiger partial charge in [-0.15, -0.1) is 0 Å². The highest BCUT2D eigenvalue weighted by molar-refractivity contribution is 7.52. The van der Waals surface area contributed by atoms with Crippen LogP contribution in [0.5, 0.6) is 0 Å². The Bertz CT molecular complexity index is 760. The highest BCUT2D eigenvalue weighted by Gasteiger charge is 2.30. The minimum atomic E-state index is -3.63. The third kappa shape index (κ3) is 2.90. The molecule has 0 radical (unpaired) electrons. The van der Waals surface area contributed by atoms with Gasteiger partial charge in [-0.05, 0) is 0 Å². The van der Waals surface area contributed by atoms with E-state index in [1.165, 1.54) is 11.1 Å². The largest absolute Gasteiger partial charge is 0.408 e. The van der Waals surface area contributed by atoms with E-state index in [0.29, 0.717) is 0 Å². The molecule has 1 unspecified atom stereocenters. The number of H-pyrrole nitrogens is 1. The van der Waals surface area contributed by atoms with Crippen molar-refractivity contribution < 1.29 is 23.6 Å². The maximum absolute atomic E-state index is 11.6. The lowest BCUT2D eigenvalue weighted by Crippen LogP contribution is -2.33. The van der Waals surface area contributed by atoms with Crippen molar-refractivity contribution in [3.63, 3.8) is 0 Å².